The van der Waals surface area contributed by atoms with Crippen LogP contribution in [0.2, 0.25) is 0 Å². The van der Waals surface area contributed by atoms with Crippen molar-refractivity contribution in [2.45, 2.75) is 260 Å². The zero-order valence-corrected chi connectivity index (χ0v) is 51.9. The van der Waals surface area contributed by atoms with E-state index in [0.717, 1.165) is 18.4 Å². The number of ether oxygens (including phenoxy) is 3. The zero-order valence-electron chi connectivity index (χ0n) is 51.9. The van der Waals surface area contributed by atoms with Crippen LogP contribution in [0.15, 0.2) is 24.3 Å². The first-order chi connectivity index (χ1) is 37.1. The molecule has 0 unspecified atom stereocenters. The number of benzene rings is 1. The van der Waals surface area contributed by atoms with E-state index in [2.05, 4.69) is 52.7 Å². The van der Waals surface area contributed by atoms with Crippen molar-refractivity contribution in [2.75, 3.05) is 0 Å². The molecule has 5 rings (SSSR count). The Labute approximate surface area is 481 Å². The maximum atomic E-state index is 14.9. The van der Waals surface area contributed by atoms with Gasteiger partial charge in [-0.1, -0.05) is 79.7 Å². The lowest BCUT2D eigenvalue weighted by molar-refractivity contribution is -0.199. The summed E-state index contributed by atoms with van der Waals surface area (Å²) >= 11 is 0. The van der Waals surface area contributed by atoms with Gasteiger partial charge in [0.15, 0.2) is 0 Å². The number of rotatable bonds is 25. The van der Waals surface area contributed by atoms with E-state index in [1.54, 1.807) is 95.2 Å². The first kappa shape index (κ1) is 67.9. The molecular formula is C60H97BN6O14. The molecule has 21 heteroatoms. The summed E-state index contributed by atoms with van der Waals surface area (Å²) in [5, 5.41) is 16.8. The quantitative estimate of drug-likeness (QED) is 0.0362. The molecule has 1 aliphatic heterocycles. The summed E-state index contributed by atoms with van der Waals surface area (Å²) in [7, 11) is -0.687. The van der Waals surface area contributed by atoms with E-state index in [0.29, 0.717) is 23.8 Å². The molecule has 1 saturated heterocycles. The number of esters is 3. The fourth-order valence-electron chi connectivity index (χ4n) is 11.0. The normalized spacial score (nSPS) is 21.7. The first-order valence-corrected chi connectivity index (χ1v) is 29.0. The molecule has 10 atom stereocenters. The molecule has 0 aromatic heterocycles. The average molecular weight is 1140 g/mol. The van der Waals surface area contributed by atoms with Crippen molar-refractivity contribution in [1.29, 1.82) is 0 Å². The minimum atomic E-state index is -1.63. The van der Waals surface area contributed by atoms with Crippen molar-refractivity contribution < 1.29 is 66.7 Å². The molecular weight excluding hydrogens is 1040 g/mol. The average Bonchev–Trinajstić information content (AvgIpc) is 3.81. The Morgan fingerprint density at radius 3 is 1.69 bits per heavy atom. The van der Waals surface area contributed by atoms with Crippen molar-refractivity contribution in [2.24, 2.45) is 28.6 Å². The fourth-order valence-corrected chi connectivity index (χ4v) is 11.0. The smallest absolute Gasteiger partial charge is 0.460 e. The van der Waals surface area contributed by atoms with Gasteiger partial charge in [0.2, 0.25) is 35.4 Å². The second-order valence-electron chi connectivity index (χ2n) is 27.7. The van der Waals surface area contributed by atoms with E-state index < -0.39 is 137 Å². The molecule has 81 heavy (non-hydrogen) atoms. The van der Waals surface area contributed by atoms with Gasteiger partial charge >= 0.3 is 25.0 Å². The van der Waals surface area contributed by atoms with Crippen LogP contribution >= 0.6 is 0 Å². The lowest BCUT2D eigenvalue weighted by atomic mass is 9.43. The number of nitrogens with one attached hydrogen (secondary N) is 6. The fraction of sp³-hybridized carbons (Fsp3) is 0.750. The molecule has 1 heterocycles. The molecule has 6 N–H and O–H groups in total. The molecule has 4 aliphatic rings. The molecule has 1 aromatic rings. The summed E-state index contributed by atoms with van der Waals surface area (Å²) in [4.78, 5) is 125. The predicted octanol–water partition coefficient (Wildman–Crippen LogP) is 6.19. The minimum Gasteiger partial charge on any atom is -0.460 e. The Bertz CT molecular complexity index is 2440. The van der Waals surface area contributed by atoms with Crippen LogP contribution in [-0.2, 0) is 73.1 Å². The van der Waals surface area contributed by atoms with E-state index in [4.69, 9.17) is 23.5 Å². The van der Waals surface area contributed by atoms with Gasteiger partial charge in [0.25, 0.3) is 0 Å². The highest BCUT2D eigenvalue weighted by molar-refractivity contribution is 6.48. The standard InChI is InChI=1S/C60H97BN6O14/c1-20-44(61-80-43-32-37-31-42(59(37,17)18)60(43,19)81-61)66-52(74)39(29-34(2)3)65-54(76)49(55(5,6)7)67-53(75)40(30-36-24-22-21-23-35(36)4)64-50(72)38(25-27-46(69)77-56(8,9)10)63-51(73)41(33-48(71)79-58(14,15)16)62-45(68)26-28-47(70)78-57(11,12)13/h21-24,34,37-44,49H,20,25-33H2,1-19H3,(H,62,68)(H,63,73)(H,64,72)(H,65,76)(H,66,74)(H,67,75)/t37-,38-,39-,40-,41-,42-,43+,44-,49+,60-/m0/s1. The number of hydrogen-bond acceptors (Lipinski definition) is 14. The Hall–Kier alpha value is -5.57. The molecule has 20 nitrogen and oxygen atoms in total. The van der Waals surface area contributed by atoms with Gasteiger partial charge in [-0.15, -0.1) is 0 Å². The second-order valence-corrected chi connectivity index (χ2v) is 27.7. The number of carbonyl (C=O) groups is 9. The third kappa shape index (κ3) is 20.1. The predicted molar refractivity (Wildman–Crippen MR) is 306 cm³/mol. The molecule has 3 saturated carbocycles. The maximum absolute atomic E-state index is 14.9. The highest BCUT2D eigenvalue weighted by atomic mass is 16.7. The molecule has 1 aromatic carbocycles. The van der Waals surface area contributed by atoms with E-state index in [9.17, 15) is 43.2 Å². The Kier molecular flexibility index (Phi) is 22.8. The third-order valence-electron chi connectivity index (χ3n) is 15.2. The van der Waals surface area contributed by atoms with Crippen molar-refractivity contribution >= 4 is 60.5 Å². The van der Waals surface area contributed by atoms with Crippen molar-refractivity contribution in [3.8, 4) is 0 Å². The van der Waals surface area contributed by atoms with Crippen molar-refractivity contribution in [3.63, 3.8) is 0 Å². The topological polar surface area (TPSA) is 272 Å². The van der Waals surface area contributed by atoms with Gasteiger partial charge in [0, 0.05) is 19.3 Å². The summed E-state index contributed by atoms with van der Waals surface area (Å²) in [5.41, 5.74) is -2.58. The lowest BCUT2D eigenvalue weighted by Gasteiger charge is -2.64. The minimum absolute atomic E-state index is 0.0379. The van der Waals surface area contributed by atoms with Crippen LogP contribution in [0.1, 0.15) is 194 Å². The number of hydrogen-bond donors (Lipinski definition) is 6. The molecule has 454 valence electrons. The number of aryl methyl sites for hydroxylation is 1. The lowest BCUT2D eigenvalue weighted by Crippen LogP contribution is -2.65. The number of carbonyl (C=O) groups excluding carboxylic acids is 9. The van der Waals surface area contributed by atoms with E-state index in [-0.39, 0.29) is 49.5 Å². The maximum Gasteiger partial charge on any atom is 0.481 e. The van der Waals surface area contributed by atoms with Gasteiger partial charge in [-0.3, -0.25) is 43.2 Å². The van der Waals surface area contributed by atoms with Crippen LogP contribution in [-0.4, -0.2) is 125 Å². The Morgan fingerprint density at radius 2 is 1.15 bits per heavy atom. The largest absolute Gasteiger partial charge is 0.481 e. The SMILES string of the molecule is CC[C@H](NC(=O)[C@H](CC(C)C)NC(=O)[C@@H](NC(=O)[C@H](Cc1ccccc1C)NC(=O)[C@H](CCC(=O)OC(C)(C)C)NC(=O)[C@H](CC(=O)OC(C)(C)C)NC(=O)CCC(=O)OC(C)(C)C)C(C)(C)C)B1O[C@@H]2C[C@@H]3C[C@@H](C3(C)C)[C@]2(C)O1. The molecule has 3 aliphatic carbocycles. The summed E-state index contributed by atoms with van der Waals surface area (Å²) < 4.78 is 29.6. The van der Waals surface area contributed by atoms with Gasteiger partial charge in [-0.2, -0.15) is 0 Å². The Balaban J connectivity index is 1.63. The van der Waals surface area contributed by atoms with Crippen LogP contribution in [0.3, 0.4) is 0 Å². The highest BCUT2D eigenvalue weighted by Crippen LogP contribution is 2.65. The van der Waals surface area contributed by atoms with Gasteiger partial charge < -0.3 is 55.4 Å². The third-order valence-corrected chi connectivity index (χ3v) is 15.2. The van der Waals surface area contributed by atoms with E-state index in [1.165, 1.54) is 0 Å². The summed E-state index contributed by atoms with van der Waals surface area (Å²) in [6.45, 7) is 34.5. The van der Waals surface area contributed by atoms with Gasteiger partial charge in [-0.25, -0.2) is 0 Å². The summed E-state index contributed by atoms with van der Waals surface area (Å²) in [5.74, 6) is -6.50. The summed E-state index contributed by atoms with van der Waals surface area (Å²) in [6.07, 6.45) is 0.348. The molecule has 4 fully saturated rings. The van der Waals surface area contributed by atoms with Crippen molar-refractivity contribution in [1.82, 2.24) is 31.9 Å². The molecule has 0 radical (unpaired) electrons. The van der Waals surface area contributed by atoms with Crippen molar-refractivity contribution in [3.05, 3.63) is 35.4 Å². The highest BCUT2D eigenvalue weighted by Gasteiger charge is 2.68. The first-order valence-electron chi connectivity index (χ1n) is 29.0. The van der Waals surface area contributed by atoms with Gasteiger partial charge in [0.05, 0.1) is 30.5 Å². The van der Waals surface area contributed by atoms with E-state index >= 15 is 0 Å². The molecule has 0 spiro atoms. The second kappa shape index (κ2) is 27.2. The molecule has 2 bridgehead atoms. The summed E-state index contributed by atoms with van der Waals surface area (Å²) in [6, 6.07) is 0.289. The molecule has 6 amide bonds. The van der Waals surface area contributed by atoms with Crippen LogP contribution in [0.5, 0.6) is 0 Å². The zero-order chi connectivity index (χ0) is 61.4. The number of amides is 6. The van der Waals surface area contributed by atoms with Crippen LogP contribution in [0.4, 0.5) is 0 Å². The van der Waals surface area contributed by atoms with E-state index in [1.807, 2.05) is 39.8 Å². The van der Waals surface area contributed by atoms with Crippen LogP contribution < -0.4 is 31.9 Å². The van der Waals surface area contributed by atoms with Gasteiger partial charge in [-0.05, 0) is 148 Å². The van der Waals surface area contributed by atoms with Crippen LogP contribution in [0, 0.1) is 35.5 Å². The van der Waals surface area contributed by atoms with Gasteiger partial charge in [0.1, 0.15) is 47.0 Å². The monoisotopic (exact) mass is 1140 g/mol. The Morgan fingerprint density at radius 1 is 0.630 bits per heavy atom. The van der Waals surface area contributed by atoms with Crippen LogP contribution in [0.25, 0.3) is 0 Å².